The molecule has 0 aliphatic carbocycles. The second-order valence-electron chi connectivity index (χ2n) is 7.98. The smallest absolute Gasteiger partial charge is 0.407 e. The number of hydrogen-bond donors (Lipinski definition) is 1. The summed E-state index contributed by atoms with van der Waals surface area (Å²) >= 11 is 6.36. The first-order valence-corrected chi connectivity index (χ1v) is 11.4. The Bertz CT molecular complexity index is 887. The number of halogens is 1. The molecule has 1 saturated heterocycles. The van der Waals surface area contributed by atoms with Crippen LogP contribution in [0, 0.1) is 0 Å². The number of esters is 1. The van der Waals surface area contributed by atoms with E-state index in [2.05, 4.69) is 10.1 Å². The van der Waals surface area contributed by atoms with Crippen molar-refractivity contribution in [2.45, 2.75) is 50.2 Å². The number of rotatable bonds is 4. The van der Waals surface area contributed by atoms with Crippen molar-refractivity contribution >= 4 is 39.2 Å². The monoisotopic (exact) mass is 446 g/mol. The molecule has 0 saturated carbocycles. The van der Waals surface area contributed by atoms with Crippen LogP contribution in [-0.2, 0) is 19.3 Å². The minimum absolute atomic E-state index is 0.0241. The molecule has 1 aliphatic heterocycles. The van der Waals surface area contributed by atoms with E-state index in [1.54, 1.807) is 20.8 Å². The number of carbonyl (C=O) groups is 2. The number of methoxy groups -OCH3 is 1. The highest BCUT2D eigenvalue weighted by atomic mass is 35.5. The summed E-state index contributed by atoms with van der Waals surface area (Å²) in [7, 11) is -2.43. The molecule has 1 N–H and O–H groups in total. The third-order valence-corrected chi connectivity index (χ3v) is 5.78. The predicted molar refractivity (Wildman–Crippen MR) is 111 cm³/mol. The first kappa shape index (κ1) is 23.3. The van der Waals surface area contributed by atoms with Crippen molar-refractivity contribution in [1.82, 2.24) is 5.32 Å². The lowest BCUT2D eigenvalue weighted by Gasteiger charge is -2.35. The van der Waals surface area contributed by atoms with Crippen LogP contribution >= 0.6 is 11.6 Å². The average molecular weight is 447 g/mol. The summed E-state index contributed by atoms with van der Waals surface area (Å²) in [6, 6.07) is 2.60. The van der Waals surface area contributed by atoms with Gasteiger partial charge in [0.25, 0.3) is 0 Å². The zero-order chi connectivity index (χ0) is 22.0. The maximum absolute atomic E-state index is 12.3. The zero-order valence-electron chi connectivity index (χ0n) is 17.2. The molecule has 0 atom stereocenters. The van der Waals surface area contributed by atoms with Crippen LogP contribution in [-0.4, -0.2) is 58.6 Å². The number of ether oxygens (including phenoxy) is 2. The lowest BCUT2D eigenvalue weighted by molar-refractivity contribution is 0.0496. The van der Waals surface area contributed by atoms with Crippen molar-refractivity contribution in [3.63, 3.8) is 0 Å². The van der Waals surface area contributed by atoms with E-state index < -0.39 is 27.5 Å². The Labute approximate surface area is 176 Å². The third-order valence-electron chi connectivity index (χ3n) is 4.38. The van der Waals surface area contributed by atoms with Gasteiger partial charge in [0.05, 0.1) is 28.3 Å². The molecule has 1 aromatic rings. The number of benzene rings is 1. The fraction of sp³-hybridized carbons (Fsp3) is 0.579. The van der Waals surface area contributed by atoms with Crippen LogP contribution in [0.2, 0.25) is 5.02 Å². The van der Waals surface area contributed by atoms with Crippen molar-refractivity contribution in [3.05, 3.63) is 22.7 Å². The van der Waals surface area contributed by atoms with Crippen molar-refractivity contribution in [2.24, 2.45) is 0 Å². The van der Waals surface area contributed by atoms with Crippen LogP contribution < -0.4 is 10.2 Å². The molecule has 162 valence electrons. The number of nitrogens with zero attached hydrogens (tertiary/aromatic N) is 1. The molecule has 0 aromatic heterocycles. The Morgan fingerprint density at radius 1 is 1.21 bits per heavy atom. The molecular weight excluding hydrogens is 420 g/mol. The van der Waals surface area contributed by atoms with Crippen LogP contribution in [0.5, 0.6) is 0 Å². The lowest BCUT2D eigenvalue weighted by Crippen LogP contribution is -2.46. The van der Waals surface area contributed by atoms with Crippen LogP contribution in [0.25, 0.3) is 0 Å². The maximum Gasteiger partial charge on any atom is 0.407 e. The molecule has 10 heteroatoms. The molecule has 1 fully saturated rings. The average Bonchev–Trinajstić information content (AvgIpc) is 2.58. The Morgan fingerprint density at radius 2 is 1.79 bits per heavy atom. The fourth-order valence-corrected chi connectivity index (χ4v) is 4.45. The van der Waals surface area contributed by atoms with E-state index in [1.165, 1.54) is 19.2 Å². The minimum atomic E-state index is -3.65. The van der Waals surface area contributed by atoms with E-state index >= 15 is 0 Å². The van der Waals surface area contributed by atoms with Crippen molar-refractivity contribution in [3.8, 4) is 0 Å². The van der Waals surface area contributed by atoms with Gasteiger partial charge in [-0.25, -0.2) is 18.0 Å². The molecule has 1 heterocycles. The summed E-state index contributed by atoms with van der Waals surface area (Å²) in [5.74, 6) is -0.663. The summed E-state index contributed by atoms with van der Waals surface area (Å²) in [6.07, 6.45) is 1.78. The number of sulfone groups is 1. The van der Waals surface area contributed by atoms with Crippen molar-refractivity contribution in [2.75, 3.05) is 31.4 Å². The highest BCUT2D eigenvalue weighted by Crippen LogP contribution is 2.36. The van der Waals surface area contributed by atoms with E-state index in [9.17, 15) is 18.0 Å². The minimum Gasteiger partial charge on any atom is -0.465 e. The standard InChI is InChI=1S/C19H27ClN2O6S/c1-19(2,3)28-18(24)21-13-6-8-22(9-7-13)16-14(20)10-12(17(23)27-4)11-15(16)29(5,25)26/h10-11,13H,6-9H2,1-5H3,(H,21,24). The summed E-state index contributed by atoms with van der Waals surface area (Å²) in [5.41, 5.74) is -0.148. The largest absolute Gasteiger partial charge is 0.465 e. The molecule has 0 spiro atoms. The van der Waals surface area contributed by atoms with Gasteiger partial charge in [-0.05, 0) is 45.7 Å². The SMILES string of the molecule is COC(=O)c1cc(Cl)c(N2CCC(NC(=O)OC(C)(C)C)CC2)c(S(C)(=O)=O)c1. The first-order valence-electron chi connectivity index (χ1n) is 9.18. The van der Waals surface area contributed by atoms with Gasteiger partial charge in [0.2, 0.25) is 0 Å². The molecule has 1 aliphatic rings. The number of alkyl carbamates (subject to hydrolysis) is 1. The van der Waals surface area contributed by atoms with Gasteiger partial charge in [0, 0.05) is 25.4 Å². The van der Waals surface area contributed by atoms with Crippen molar-refractivity contribution < 1.29 is 27.5 Å². The number of carbonyl (C=O) groups excluding carboxylic acids is 2. The van der Waals surface area contributed by atoms with Crippen LogP contribution in [0.15, 0.2) is 17.0 Å². The van der Waals surface area contributed by atoms with Gasteiger partial charge in [0.1, 0.15) is 5.60 Å². The van der Waals surface area contributed by atoms with Gasteiger partial charge in [0.15, 0.2) is 9.84 Å². The maximum atomic E-state index is 12.3. The van der Waals surface area contributed by atoms with Gasteiger partial charge >= 0.3 is 12.1 Å². The summed E-state index contributed by atoms with van der Waals surface area (Å²) < 4.78 is 34.6. The summed E-state index contributed by atoms with van der Waals surface area (Å²) in [4.78, 5) is 25.6. The van der Waals surface area contributed by atoms with Crippen LogP contribution in [0.3, 0.4) is 0 Å². The van der Waals surface area contributed by atoms with Gasteiger partial charge in [-0.3, -0.25) is 0 Å². The van der Waals surface area contributed by atoms with E-state index in [0.29, 0.717) is 31.6 Å². The normalized spacial score (nSPS) is 15.7. The summed E-state index contributed by atoms with van der Waals surface area (Å²) in [6.45, 7) is 6.35. The molecule has 0 bridgehead atoms. The lowest BCUT2D eigenvalue weighted by atomic mass is 10.0. The molecule has 0 unspecified atom stereocenters. The molecule has 2 rings (SSSR count). The molecule has 1 amide bonds. The van der Waals surface area contributed by atoms with Crippen molar-refractivity contribution in [1.29, 1.82) is 0 Å². The van der Waals surface area contributed by atoms with Gasteiger partial charge in [-0.15, -0.1) is 0 Å². The second-order valence-corrected chi connectivity index (χ2v) is 10.4. The van der Waals surface area contributed by atoms with E-state index in [1.807, 2.05) is 4.90 Å². The van der Waals surface area contributed by atoms with Gasteiger partial charge < -0.3 is 19.7 Å². The number of anilines is 1. The fourth-order valence-electron chi connectivity index (χ4n) is 3.12. The van der Waals surface area contributed by atoms with E-state index in [4.69, 9.17) is 16.3 Å². The second kappa shape index (κ2) is 8.79. The number of amides is 1. The Kier molecular flexibility index (Phi) is 7.06. The Hall–Kier alpha value is -2.00. The highest BCUT2D eigenvalue weighted by Gasteiger charge is 2.29. The molecule has 8 nitrogen and oxygen atoms in total. The zero-order valence-corrected chi connectivity index (χ0v) is 18.8. The predicted octanol–water partition coefficient (Wildman–Crippen LogP) is 3.02. The number of piperidine rings is 1. The number of hydrogen-bond acceptors (Lipinski definition) is 7. The Balaban J connectivity index is 2.20. The van der Waals surface area contributed by atoms with E-state index in [-0.39, 0.29) is 21.5 Å². The highest BCUT2D eigenvalue weighted by molar-refractivity contribution is 7.90. The molecule has 0 radical (unpaired) electrons. The Morgan fingerprint density at radius 3 is 2.28 bits per heavy atom. The van der Waals surface area contributed by atoms with Gasteiger partial charge in [-0.1, -0.05) is 11.6 Å². The van der Waals surface area contributed by atoms with Gasteiger partial charge in [-0.2, -0.15) is 0 Å². The first-order chi connectivity index (χ1) is 13.3. The quantitative estimate of drug-likeness (QED) is 0.709. The molecular formula is C19H27ClN2O6S. The molecule has 29 heavy (non-hydrogen) atoms. The number of nitrogens with one attached hydrogen (secondary N) is 1. The topological polar surface area (TPSA) is 102 Å². The van der Waals surface area contributed by atoms with E-state index in [0.717, 1.165) is 6.26 Å². The summed E-state index contributed by atoms with van der Waals surface area (Å²) in [5, 5.41) is 3.00. The van der Waals surface area contributed by atoms with Crippen LogP contribution in [0.1, 0.15) is 44.0 Å². The van der Waals surface area contributed by atoms with Crippen LogP contribution in [0.4, 0.5) is 10.5 Å². The molecule has 1 aromatic carbocycles. The third kappa shape index (κ3) is 6.24.